The van der Waals surface area contributed by atoms with Crippen molar-refractivity contribution in [3.8, 4) is 16.3 Å². The summed E-state index contributed by atoms with van der Waals surface area (Å²) in [5, 5.41) is 10.6. The van der Waals surface area contributed by atoms with Gasteiger partial charge in [0.05, 0.1) is 10.2 Å². The minimum atomic E-state index is 0.130. The van der Waals surface area contributed by atoms with E-state index in [2.05, 4.69) is 34.2 Å². The van der Waals surface area contributed by atoms with E-state index in [-0.39, 0.29) is 11.7 Å². The lowest BCUT2D eigenvalue weighted by Gasteiger charge is -2.14. The maximum absolute atomic E-state index is 9.66. The largest absolute Gasteiger partial charge is 0.508 e. The number of hydrogen-bond acceptors (Lipinski definition) is 5. The topological polar surface area (TPSA) is 71.5 Å². The number of nitrogen functional groups attached to an aromatic ring is 1. The van der Waals surface area contributed by atoms with Crippen LogP contribution < -0.4 is 5.73 Å². The van der Waals surface area contributed by atoms with Crippen molar-refractivity contribution in [1.29, 1.82) is 0 Å². The molecule has 0 radical (unpaired) electrons. The van der Waals surface area contributed by atoms with E-state index < -0.39 is 0 Å². The van der Waals surface area contributed by atoms with E-state index in [4.69, 9.17) is 5.73 Å². The SMILES string of the molecule is Nc1ccc(C2=CN=CC2c2ccc(-c3nc4ccc(O)cc4s3)cc2)cc1. The number of thiazole rings is 1. The maximum Gasteiger partial charge on any atom is 0.124 e. The van der Waals surface area contributed by atoms with E-state index in [9.17, 15) is 5.11 Å². The van der Waals surface area contributed by atoms with Crippen LogP contribution >= 0.6 is 11.3 Å². The van der Waals surface area contributed by atoms with Crippen LogP contribution in [-0.2, 0) is 0 Å². The molecule has 28 heavy (non-hydrogen) atoms. The summed E-state index contributed by atoms with van der Waals surface area (Å²) in [6.07, 6.45) is 3.89. The molecule has 2 heterocycles. The zero-order valence-electron chi connectivity index (χ0n) is 14.9. The van der Waals surface area contributed by atoms with E-state index in [0.717, 1.165) is 32.0 Å². The van der Waals surface area contributed by atoms with Gasteiger partial charge in [0, 0.05) is 29.6 Å². The van der Waals surface area contributed by atoms with Crippen LogP contribution in [0.15, 0.2) is 77.9 Å². The number of allylic oxidation sites excluding steroid dienone is 1. The zero-order valence-corrected chi connectivity index (χ0v) is 15.7. The molecule has 1 aromatic heterocycles. The predicted molar refractivity (Wildman–Crippen MR) is 117 cm³/mol. The molecule has 0 bridgehead atoms. The number of aliphatic imine (C=N–C) groups is 1. The number of nitrogens with zero attached hydrogens (tertiary/aromatic N) is 2. The summed E-state index contributed by atoms with van der Waals surface area (Å²) in [6.45, 7) is 0. The summed E-state index contributed by atoms with van der Waals surface area (Å²) in [7, 11) is 0. The Morgan fingerprint density at radius 3 is 2.43 bits per heavy atom. The number of aromatic hydroxyl groups is 1. The van der Waals surface area contributed by atoms with E-state index in [1.807, 2.05) is 42.7 Å². The van der Waals surface area contributed by atoms with Crippen molar-refractivity contribution in [3.05, 3.63) is 84.1 Å². The van der Waals surface area contributed by atoms with Crippen molar-refractivity contribution >= 4 is 39.0 Å². The fraction of sp³-hybridized carbons (Fsp3) is 0.0435. The maximum atomic E-state index is 9.66. The minimum Gasteiger partial charge on any atom is -0.508 e. The number of hydrogen-bond donors (Lipinski definition) is 2. The first-order valence-corrected chi connectivity index (χ1v) is 9.78. The molecule has 0 amide bonds. The number of fused-ring (bicyclic) bond motifs is 1. The summed E-state index contributed by atoms with van der Waals surface area (Å²) < 4.78 is 0.982. The number of aromatic nitrogens is 1. The standard InChI is InChI=1S/C23H17N3OS/c24-17-7-5-15(6-8-17)20-13-25-12-19(20)14-1-3-16(4-2-14)23-26-21-10-9-18(27)11-22(21)28-23/h1-13,19,27H,24H2. The molecule has 0 spiro atoms. The molecule has 1 aliphatic rings. The Morgan fingerprint density at radius 2 is 1.64 bits per heavy atom. The molecular formula is C23H17N3OS. The van der Waals surface area contributed by atoms with Gasteiger partial charge in [0.25, 0.3) is 0 Å². The van der Waals surface area contributed by atoms with Gasteiger partial charge < -0.3 is 10.8 Å². The zero-order chi connectivity index (χ0) is 19.1. The predicted octanol–water partition coefficient (Wildman–Crippen LogP) is 5.46. The van der Waals surface area contributed by atoms with Gasteiger partial charge >= 0.3 is 0 Å². The van der Waals surface area contributed by atoms with Crippen LogP contribution in [0, 0.1) is 0 Å². The van der Waals surface area contributed by atoms with Crippen molar-refractivity contribution in [3.63, 3.8) is 0 Å². The second-order valence-corrected chi connectivity index (χ2v) is 7.81. The fourth-order valence-electron chi connectivity index (χ4n) is 3.44. The number of phenolic OH excluding ortho intramolecular Hbond substituents is 1. The van der Waals surface area contributed by atoms with E-state index in [0.29, 0.717) is 0 Å². The molecule has 1 atom stereocenters. The molecular weight excluding hydrogens is 366 g/mol. The van der Waals surface area contributed by atoms with E-state index in [1.165, 1.54) is 11.1 Å². The molecule has 3 N–H and O–H groups in total. The number of nitrogens with two attached hydrogens (primary N) is 1. The first kappa shape index (κ1) is 16.7. The molecule has 0 fully saturated rings. The highest BCUT2D eigenvalue weighted by Crippen LogP contribution is 2.36. The van der Waals surface area contributed by atoms with Crippen LogP contribution in [0.1, 0.15) is 17.0 Å². The van der Waals surface area contributed by atoms with Crippen LogP contribution in [0.3, 0.4) is 0 Å². The summed E-state index contributed by atoms with van der Waals surface area (Å²) in [6, 6.07) is 21.6. The average Bonchev–Trinajstić information content (AvgIpc) is 3.35. The Balaban J connectivity index is 1.45. The number of rotatable bonds is 3. The van der Waals surface area contributed by atoms with Gasteiger partial charge in [0.15, 0.2) is 0 Å². The Kier molecular flexibility index (Phi) is 3.95. The van der Waals surface area contributed by atoms with Gasteiger partial charge in [-0.3, -0.25) is 4.99 Å². The Bertz CT molecular complexity index is 1220. The molecule has 1 aliphatic heterocycles. The van der Waals surface area contributed by atoms with Crippen LogP contribution in [0.25, 0.3) is 26.4 Å². The van der Waals surface area contributed by atoms with Gasteiger partial charge in [-0.2, -0.15) is 0 Å². The third-order valence-electron chi connectivity index (χ3n) is 4.92. The monoisotopic (exact) mass is 383 g/mol. The molecule has 0 saturated carbocycles. The van der Waals surface area contributed by atoms with Gasteiger partial charge in [-0.1, -0.05) is 36.4 Å². The van der Waals surface area contributed by atoms with Crippen molar-refractivity contribution in [2.45, 2.75) is 5.92 Å². The third-order valence-corrected chi connectivity index (χ3v) is 5.98. The summed E-state index contributed by atoms with van der Waals surface area (Å²) in [5.74, 6) is 0.394. The van der Waals surface area contributed by atoms with E-state index >= 15 is 0 Å². The highest BCUT2D eigenvalue weighted by Gasteiger charge is 2.20. The lowest BCUT2D eigenvalue weighted by molar-refractivity contribution is 0.476. The van der Waals surface area contributed by atoms with Crippen molar-refractivity contribution in [2.75, 3.05) is 5.73 Å². The van der Waals surface area contributed by atoms with Crippen molar-refractivity contribution in [1.82, 2.24) is 4.98 Å². The smallest absolute Gasteiger partial charge is 0.124 e. The van der Waals surface area contributed by atoms with Crippen LogP contribution in [-0.4, -0.2) is 16.3 Å². The number of benzene rings is 3. The molecule has 4 nitrogen and oxygen atoms in total. The summed E-state index contributed by atoms with van der Waals surface area (Å²) in [5.41, 5.74) is 12.0. The first-order valence-electron chi connectivity index (χ1n) is 8.96. The Labute approximate surface area is 166 Å². The van der Waals surface area contributed by atoms with Crippen LogP contribution in [0.4, 0.5) is 5.69 Å². The third kappa shape index (κ3) is 2.96. The van der Waals surface area contributed by atoms with Crippen molar-refractivity contribution in [2.24, 2.45) is 4.99 Å². The molecule has 5 heteroatoms. The lowest BCUT2D eigenvalue weighted by Crippen LogP contribution is -2.00. The Morgan fingerprint density at radius 1 is 0.893 bits per heavy atom. The van der Waals surface area contributed by atoms with Crippen LogP contribution in [0.2, 0.25) is 0 Å². The molecule has 5 rings (SSSR count). The molecule has 0 saturated heterocycles. The molecule has 3 aromatic carbocycles. The van der Waals surface area contributed by atoms with Gasteiger partial charge in [0.1, 0.15) is 10.8 Å². The van der Waals surface area contributed by atoms with Crippen LogP contribution in [0.5, 0.6) is 5.75 Å². The quantitative estimate of drug-likeness (QED) is 0.461. The lowest BCUT2D eigenvalue weighted by atomic mass is 9.89. The molecule has 4 aromatic rings. The second kappa shape index (κ2) is 6.62. The number of phenols is 1. The van der Waals surface area contributed by atoms with Gasteiger partial charge in [0.2, 0.25) is 0 Å². The second-order valence-electron chi connectivity index (χ2n) is 6.78. The highest BCUT2D eigenvalue weighted by atomic mass is 32.1. The Hall–Kier alpha value is -3.44. The minimum absolute atomic E-state index is 0.130. The highest BCUT2D eigenvalue weighted by molar-refractivity contribution is 7.21. The van der Waals surface area contributed by atoms with Gasteiger partial charge in [-0.15, -0.1) is 11.3 Å². The van der Waals surface area contributed by atoms with E-state index in [1.54, 1.807) is 23.5 Å². The summed E-state index contributed by atoms with van der Waals surface area (Å²) in [4.78, 5) is 9.07. The van der Waals surface area contributed by atoms with Gasteiger partial charge in [-0.05, 0) is 47.0 Å². The van der Waals surface area contributed by atoms with Gasteiger partial charge in [-0.25, -0.2) is 4.98 Å². The fourth-order valence-corrected chi connectivity index (χ4v) is 4.44. The molecule has 0 aliphatic carbocycles. The average molecular weight is 383 g/mol. The molecule has 1 unspecified atom stereocenters. The number of anilines is 1. The summed E-state index contributed by atoms with van der Waals surface area (Å²) >= 11 is 1.58. The normalized spacial score (nSPS) is 15.9. The molecule has 136 valence electrons. The first-order chi connectivity index (χ1) is 13.7. The van der Waals surface area contributed by atoms with Crippen molar-refractivity contribution < 1.29 is 5.11 Å².